The van der Waals surface area contributed by atoms with Gasteiger partial charge in [-0.25, -0.2) is 0 Å². The van der Waals surface area contributed by atoms with Crippen LogP contribution in [-0.4, -0.2) is 26.0 Å². The van der Waals surface area contributed by atoms with Crippen molar-refractivity contribution in [2.75, 3.05) is 0 Å². The summed E-state index contributed by atoms with van der Waals surface area (Å²) < 4.78 is 15.6. The lowest BCUT2D eigenvalue weighted by atomic mass is 9.81. The largest absolute Gasteiger partial charge is 0.460 e. The van der Waals surface area contributed by atoms with Crippen LogP contribution in [0.25, 0.3) is 0 Å². The minimum absolute atomic E-state index is 0.265. The summed E-state index contributed by atoms with van der Waals surface area (Å²) in [6, 6.07) is 0. The Morgan fingerprint density at radius 2 is 0.744 bits per heavy atom. The molecule has 234 valence electrons. The van der Waals surface area contributed by atoms with E-state index in [0.29, 0.717) is 55.9 Å². The Morgan fingerprint density at radius 1 is 0.512 bits per heavy atom. The fourth-order valence-corrected chi connectivity index (χ4v) is 14.2. The molecule has 0 spiro atoms. The molecule has 4 rings (SSSR count). The molecule has 0 N–H and O–H groups in total. The Labute approximate surface area is 359 Å². The van der Waals surface area contributed by atoms with Crippen molar-refractivity contribution in [2.45, 2.75) is 27.3 Å². The number of carbonyl (C=O) groups excluding carboxylic acids is 2. The van der Waals surface area contributed by atoms with Crippen LogP contribution in [0.15, 0.2) is 54.8 Å². The number of benzene rings is 2. The average molecular weight is 1360 g/mol. The van der Waals surface area contributed by atoms with E-state index in [1.165, 1.54) is 0 Å². The third-order valence-corrected chi connectivity index (χ3v) is 23.5. The van der Waals surface area contributed by atoms with Gasteiger partial charge in [-0.05, 0) is 159 Å². The van der Waals surface area contributed by atoms with Gasteiger partial charge in [-0.3, -0.25) is 9.59 Å². The molecule has 2 aromatic rings. The van der Waals surface area contributed by atoms with Crippen molar-refractivity contribution >= 4 is 241 Å². The van der Waals surface area contributed by atoms with Gasteiger partial charge in [0.15, 0.2) is 4.33 Å². The Hall–Kier alpha value is 3.66. The zero-order chi connectivity index (χ0) is 32.7. The van der Waals surface area contributed by atoms with Crippen LogP contribution in [0.5, 0.6) is 0 Å². The van der Waals surface area contributed by atoms with Crippen LogP contribution in [0.4, 0.5) is 0 Å². The Balaban J connectivity index is 1.73. The van der Waals surface area contributed by atoms with Crippen LogP contribution >= 0.6 is 229 Å². The first-order valence-corrected chi connectivity index (χ1v) is 21.1. The number of hydrogen-bond donors (Lipinski definition) is 0. The molecule has 0 saturated heterocycles. The molecule has 4 atom stereocenters. The van der Waals surface area contributed by atoms with Crippen molar-refractivity contribution in [1.82, 2.24) is 0 Å². The van der Waals surface area contributed by atoms with E-state index in [2.05, 4.69) is 159 Å². The topological polar surface area (TPSA) is 52.6 Å². The van der Waals surface area contributed by atoms with E-state index in [9.17, 15) is 9.59 Å². The van der Waals surface area contributed by atoms with Gasteiger partial charge in [-0.2, -0.15) is 0 Å². The fourth-order valence-electron chi connectivity index (χ4n) is 4.60. The van der Waals surface area contributed by atoms with Crippen LogP contribution in [0.2, 0.25) is 0 Å². The van der Waals surface area contributed by atoms with Crippen molar-refractivity contribution in [1.29, 1.82) is 0 Å². The number of alkyl halides is 4. The first-order valence-electron chi connectivity index (χ1n) is 10.9. The highest BCUT2D eigenvalue weighted by atomic mass is 79.9. The standard InChI is InChI=1S/C23H6Br10Cl6O4/c24-7-3(8(25)12(29)15(32)11(7)28)1-42-19(40)5-6(22(37)18(35)17(34)21(5,36)23(22,38)39)20(41)43-2-4-9(26)13(30)16(33)14(31)10(4)27/h5-6H,1-2H2. The van der Waals surface area contributed by atoms with Gasteiger partial charge in [0, 0.05) is 55.9 Å². The van der Waals surface area contributed by atoms with E-state index in [0.717, 1.165) is 0 Å². The molecule has 2 aromatic carbocycles. The van der Waals surface area contributed by atoms with Gasteiger partial charge in [0.2, 0.25) is 0 Å². The number of ether oxygens (including phenoxy) is 2. The number of hydrogen-bond acceptors (Lipinski definition) is 4. The maximum absolute atomic E-state index is 13.9. The lowest BCUT2D eigenvalue weighted by Crippen LogP contribution is -2.46. The first kappa shape index (κ1) is 39.4. The van der Waals surface area contributed by atoms with Gasteiger partial charge in [0.05, 0.1) is 21.9 Å². The second kappa shape index (κ2) is 14.4. The molecule has 1 saturated carbocycles. The number of carbonyl (C=O) groups is 2. The van der Waals surface area contributed by atoms with E-state index in [1.54, 1.807) is 0 Å². The number of halogens is 16. The molecule has 4 nitrogen and oxygen atoms in total. The maximum Gasteiger partial charge on any atom is 0.312 e. The van der Waals surface area contributed by atoms with E-state index >= 15 is 0 Å². The highest BCUT2D eigenvalue weighted by molar-refractivity contribution is 9.16. The van der Waals surface area contributed by atoms with Crippen molar-refractivity contribution in [3.63, 3.8) is 0 Å². The van der Waals surface area contributed by atoms with E-state index in [-0.39, 0.29) is 23.3 Å². The summed E-state index contributed by atoms with van der Waals surface area (Å²) in [5.41, 5.74) is 1.09. The summed E-state index contributed by atoms with van der Waals surface area (Å²) in [6.07, 6.45) is 0. The molecule has 2 bridgehead atoms. The van der Waals surface area contributed by atoms with Crippen LogP contribution in [0.3, 0.4) is 0 Å². The third-order valence-electron chi connectivity index (χ3n) is 6.76. The molecule has 0 aromatic heterocycles. The molecule has 1 fully saturated rings. The van der Waals surface area contributed by atoms with Crippen LogP contribution in [-0.2, 0) is 32.3 Å². The van der Waals surface area contributed by atoms with E-state index in [1.807, 2.05) is 0 Å². The van der Waals surface area contributed by atoms with Crippen molar-refractivity contribution in [3.05, 3.63) is 65.9 Å². The third kappa shape index (κ3) is 6.08. The smallest absolute Gasteiger partial charge is 0.312 e. The van der Waals surface area contributed by atoms with Crippen molar-refractivity contribution in [2.24, 2.45) is 11.8 Å². The van der Waals surface area contributed by atoms with E-state index < -0.39 is 37.9 Å². The number of rotatable bonds is 6. The summed E-state index contributed by atoms with van der Waals surface area (Å²) in [7, 11) is 0. The average Bonchev–Trinajstić information content (AvgIpc) is 3.17. The maximum atomic E-state index is 13.9. The molecule has 4 unspecified atom stereocenters. The molecule has 43 heavy (non-hydrogen) atoms. The molecule has 20 heteroatoms. The second-order valence-corrected chi connectivity index (χ2v) is 20.1. The first-order chi connectivity index (χ1) is 19.7. The molecule has 0 aliphatic heterocycles. The molecule has 0 radical (unpaired) electrons. The molecule has 2 aliphatic carbocycles. The van der Waals surface area contributed by atoms with Crippen LogP contribution < -0.4 is 0 Å². The molecular formula is C23H6Br10Cl6O4. The monoisotopic (exact) mass is 1350 g/mol. The summed E-state index contributed by atoms with van der Waals surface area (Å²) in [5.74, 6) is -5.12. The van der Waals surface area contributed by atoms with Crippen LogP contribution in [0.1, 0.15) is 11.1 Å². The highest BCUT2D eigenvalue weighted by Gasteiger charge is 2.86. The SMILES string of the molecule is O=C(OCc1c(Br)c(Br)c(Br)c(Br)c1Br)C1C(C(=O)OCc2c(Br)c(Br)c(Br)c(Br)c2Br)C2(Cl)C(Cl)=C(Cl)C1(Cl)C2(Cl)Cl. The van der Waals surface area contributed by atoms with Gasteiger partial charge in [0.25, 0.3) is 0 Å². The van der Waals surface area contributed by atoms with Gasteiger partial charge >= 0.3 is 11.9 Å². The lowest BCUT2D eigenvalue weighted by Gasteiger charge is -2.33. The molecule has 0 heterocycles. The normalized spacial score (nSPS) is 25.9. The lowest BCUT2D eigenvalue weighted by molar-refractivity contribution is -0.162. The minimum atomic E-state index is -2.22. The Bertz CT molecular complexity index is 1460. The second-order valence-electron chi connectivity index (χ2n) is 8.89. The number of esters is 2. The summed E-state index contributed by atoms with van der Waals surface area (Å²) in [4.78, 5) is 23.5. The van der Waals surface area contributed by atoms with Crippen molar-refractivity contribution in [3.8, 4) is 0 Å². The van der Waals surface area contributed by atoms with Gasteiger partial charge in [-0.15, -0.1) is 23.2 Å². The summed E-state index contributed by atoms with van der Waals surface area (Å²) >= 11 is 75.3. The number of allylic oxidation sites excluding steroid dienone is 2. The van der Waals surface area contributed by atoms with Gasteiger partial charge < -0.3 is 9.47 Å². The summed E-state index contributed by atoms with van der Waals surface area (Å²) in [6.45, 7) is -0.531. The Morgan fingerprint density at radius 3 is 1.00 bits per heavy atom. The quantitative estimate of drug-likeness (QED) is 0.125. The molecular weight excluding hydrogens is 1350 g/mol. The van der Waals surface area contributed by atoms with Crippen molar-refractivity contribution < 1.29 is 19.1 Å². The highest BCUT2D eigenvalue weighted by Crippen LogP contribution is 2.76. The predicted octanol–water partition coefficient (Wildman–Crippen LogP) is 14.2. The fraction of sp³-hybridized carbons (Fsp3) is 0.304. The Kier molecular flexibility index (Phi) is 13.2. The zero-order valence-corrected chi connectivity index (χ0v) is 40.1. The van der Waals surface area contributed by atoms with Gasteiger partial charge in [0.1, 0.15) is 23.0 Å². The van der Waals surface area contributed by atoms with Gasteiger partial charge in [-0.1, -0.05) is 46.4 Å². The minimum Gasteiger partial charge on any atom is -0.460 e. The van der Waals surface area contributed by atoms with E-state index in [4.69, 9.17) is 79.1 Å². The molecule has 2 aliphatic rings. The number of fused-ring (bicyclic) bond motifs is 2. The zero-order valence-electron chi connectivity index (χ0n) is 19.7. The summed E-state index contributed by atoms with van der Waals surface area (Å²) in [5, 5.41) is -0.547. The van der Waals surface area contributed by atoms with Crippen LogP contribution in [0, 0.1) is 11.8 Å². The molecule has 0 amide bonds. The predicted molar refractivity (Wildman–Crippen MR) is 207 cm³/mol.